The fourth-order valence-electron chi connectivity index (χ4n) is 1.39. The van der Waals surface area contributed by atoms with E-state index in [4.69, 9.17) is 14.3 Å². The molecule has 0 atom stereocenters. The Balaban J connectivity index is 2.18. The molecule has 0 bridgehead atoms. The van der Waals surface area contributed by atoms with E-state index in [0.717, 1.165) is 0 Å². The van der Waals surface area contributed by atoms with Gasteiger partial charge in [0.15, 0.2) is 0 Å². The number of thioether (sulfide) groups is 1. The number of pyridine rings is 1. The number of aromatic nitrogens is 1. The number of halogens is 2. The van der Waals surface area contributed by atoms with Gasteiger partial charge in [0.2, 0.25) is 0 Å². The van der Waals surface area contributed by atoms with Crippen molar-refractivity contribution in [2.45, 2.75) is 4.90 Å². The zero-order valence-electron chi connectivity index (χ0n) is 11.6. The molecule has 0 aliphatic rings. The average Bonchev–Trinajstić information content (AvgIpc) is 2.42. The molecule has 2 aromatic rings. The second kappa shape index (κ2) is 6.54. The first kappa shape index (κ1) is 11.3. The van der Waals surface area contributed by atoms with Crippen molar-refractivity contribution in [1.29, 1.82) is 0 Å². The minimum absolute atomic E-state index is 0.197. The minimum atomic E-state index is -2.95. The van der Waals surface area contributed by atoms with E-state index in [0.29, 0.717) is 17.4 Å². The van der Waals surface area contributed by atoms with Gasteiger partial charge in [-0.25, -0.2) is 4.39 Å². The Morgan fingerprint density at radius 2 is 2.32 bits per heavy atom. The summed E-state index contributed by atoms with van der Waals surface area (Å²) < 4.78 is 26.9. The van der Waals surface area contributed by atoms with Crippen LogP contribution in [0.25, 0.3) is 0 Å². The van der Waals surface area contributed by atoms with Crippen LogP contribution < -0.4 is 5.32 Å². The first-order valence-corrected chi connectivity index (χ1v) is 6.44. The first-order valence-electron chi connectivity index (χ1n) is 6.25. The van der Waals surface area contributed by atoms with Crippen molar-refractivity contribution in [3.63, 3.8) is 0 Å². The van der Waals surface area contributed by atoms with Crippen molar-refractivity contribution in [3.8, 4) is 0 Å². The molecule has 1 amide bonds. The maximum absolute atomic E-state index is 13.1. The molecule has 0 radical (unpaired) electrons. The van der Waals surface area contributed by atoms with Crippen LogP contribution in [0.2, 0.25) is 5.02 Å². The van der Waals surface area contributed by atoms with E-state index in [2.05, 4.69) is 10.3 Å². The predicted octanol–water partition coefficient (Wildman–Crippen LogP) is 4.01. The van der Waals surface area contributed by atoms with Crippen LogP contribution in [0.1, 0.15) is 13.2 Å². The number of anilines is 1. The van der Waals surface area contributed by atoms with Gasteiger partial charge in [0.25, 0.3) is 5.91 Å². The van der Waals surface area contributed by atoms with Crippen LogP contribution in [0.5, 0.6) is 0 Å². The topological polar surface area (TPSA) is 42.0 Å². The van der Waals surface area contributed by atoms with Crippen molar-refractivity contribution in [3.05, 3.63) is 53.3 Å². The van der Waals surface area contributed by atoms with Crippen LogP contribution in [0, 0.1) is 0 Å². The van der Waals surface area contributed by atoms with Crippen molar-refractivity contribution in [2.24, 2.45) is 0 Å². The van der Waals surface area contributed by atoms with E-state index in [1.54, 1.807) is 24.3 Å². The molecule has 1 N–H and O–H groups in total. The van der Waals surface area contributed by atoms with E-state index >= 15 is 0 Å². The van der Waals surface area contributed by atoms with Crippen molar-refractivity contribution >= 4 is 35.0 Å². The molecule has 0 aliphatic heterocycles. The number of benzene rings is 1. The van der Waals surface area contributed by atoms with Gasteiger partial charge in [-0.3, -0.25) is 9.78 Å². The highest BCUT2D eigenvalue weighted by molar-refractivity contribution is 7.99. The fraction of sp³-hybridized carbons (Fsp3) is 0.0769. The molecule has 0 saturated carbocycles. The van der Waals surface area contributed by atoms with Gasteiger partial charge in [-0.05, 0) is 30.3 Å². The van der Waals surface area contributed by atoms with E-state index in [9.17, 15) is 9.18 Å². The first-order chi connectivity index (χ1) is 9.85. The molecule has 6 heteroatoms. The summed E-state index contributed by atoms with van der Waals surface area (Å²) in [5.74, 6) is -3.37. The predicted molar refractivity (Wildman–Crippen MR) is 75.5 cm³/mol. The molecule has 0 spiro atoms. The van der Waals surface area contributed by atoms with Crippen LogP contribution in [-0.2, 0) is 0 Å². The summed E-state index contributed by atoms with van der Waals surface area (Å²) in [6.07, 6.45) is 1.50. The number of hydrogen-bond donors (Lipinski definition) is 1. The SMILES string of the molecule is [2H]C([2H])(F)Sc1cc(NC(=O)c2ccccn2)ccc1Cl. The molecular weight excluding hydrogens is 287 g/mol. The Kier molecular flexibility index (Phi) is 3.87. The second-order valence-electron chi connectivity index (χ2n) is 3.49. The Morgan fingerprint density at radius 3 is 3.00 bits per heavy atom. The highest BCUT2D eigenvalue weighted by Crippen LogP contribution is 2.30. The molecule has 1 aromatic heterocycles. The van der Waals surface area contributed by atoms with Gasteiger partial charge in [0, 0.05) is 16.8 Å². The number of hydrogen-bond acceptors (Lipinski definition) is 3. The van der Waals surface area contributed by atoms with Crippen LogP contribution in [-0.4, -0.2) is 16.8 Å². The number of carbonyl (C=O) groups is 1. The number of rotatable bonds is 4. The van der Waals surface area contributed by atoms with Crippen molar-refractivity contribution in [2.75, 3.05) is 11.3 Å². The largest absolute Gasteiger partial charge is 0.321 e. The summed E-state index contributed by atoms with van der Waals surface area (Å²) in [5, 5.41) is 2.80. The molecule has 0 aliphatic carbocycles. The van der Waals surface area contributed by atoms with Gasteiger partial charge in [0.1, 0.15) is 11.7 Å². The number of alkyl halides is 1. The lowest BCUT2D eigenvalue weighted by Gasteiger charge is -2.07. The minimum Gasteiger partial charge on any atom is -0.321 e. The van der Waals surface area contributed by atoms with Gasteiger partial charge < -0.3 is 5.32 Å². The highest BCUT2D eigenvalue weighted by atomic mass is 35.5. The molecule has 0 fully saturated rings. The van der Waals surface area contributed by atoms with Crippen LogP contribution in [0.3, 0.4) is 0 Å². The Morgan fingerprint density at radius 1 is 1.47 bits per heavy atom. The van der Waals surface area contributed by atoms with Gasteiger partial charge in [-0.2, -0.15) is 0 Å². The molecule has 1 heterocycles. The molecule has 2 rings (SSSR count). The molecule has 0 unspecified atom stereocenters. The quantitative estimate of drug-likeness (QED) is 0.867. The average molecular weight is 299 g/mol. The van der Waals surface area contributed by atoms with E-state index in [1.165, 1.54) is 18.3 Å². The smallest absolute Gasteiger partial charge is 0.274 e. The van der Waals surface area contributed by atoms with Crippen LogP contribution in [0.4, 0.5) is 10.1 Å². The maximum atomic E-state index is 13.1. The lowest BCUT2D eigenvalue weighted by atomic mass is 10.3. The molecule has 0 saturated heterocycles. The highest BCUT2D eigenvalue weighted by Gasteiger charge is 2.08. The van der Waals surface area contributed by atoms with Crippen LogP contribution in [0.15, 0.2) is 47.5 Å². The second-order valence-corrected chi connectivity index (χ2v) is 4.70. The third-order valence-electron chi connectivity index (χ3n) is 2.24. The van der Waals surface area contributed by atoms with Crippen LogP contribution >= 0.6 is 23.4 Å². The molecule has 19 heavy (non-hydrogen) atoms. The normalized spacial score (nSPS) is 12.5. The third kappa shape index (κ3) is 3.68. The summed E-state index contributed by atoms with van der Waals surface area (Å²) in [6.45, 7) is 0. The number of nitrogens with one attached hydrogen (secondary N) is 1. The number of carbonyl (C=O) groups excluding carboxylic acids is 1. The number of amides is 1. The monoisotopic (exact) mass is 298 g/mol. The number of nitrogens with zero attached hydrogens (tertiary/aromatic N) is 1. The van der Waals surface area contributed by atoms with Gasteiger partial charge in [-0.15, -0.1) is 0 Å². The summed E-state index contributed by atoms with van der Waals surface area (Å²) in [4.78, 5) is 16.0. The van der Waals surface area contributed by atoms with Crippen molar-refractivity contribution in [1.82, 2.24) is 4.98 Å². The lowest BCUT2D eigenvalue weighted by Crippen LogP contribution is -2.13. The summed E-state index contributed by atoms with van der Waals surface area (Å²) in [5.41, 5.74) is 0.615. The Hall–Kier alpha value is -1.59. The lowest BCUT2D eigenvalue weighted by molar-refractivity contribution is 0.102. The zero-order chi connectivity index (χ0) is 15.5. The molecule has 98 valence electrons. The van der Waals surface area contributed by atoms with E-state index < -0.39 is 11.9 Å². The fourth-order valence-corrected chi connectivity index (χ4v) is 2.06. The zero-order valence-corrected chi connectivity index (χ0v) is 11.1. The third-order valence-corrected chi connectivity index (χ3v) is 3.31. The standard InChI is InChI=1S/C13H10ClFN2OS/c14-10-5-4-9(7-12(10)19-8-15)17-13(18)11-3-1-2-6-16-11/h1-7H,8H2,(H,17,18)/i8D2. The Labute approximate surface area is 122 Å². The summed E-state index contributed by atoms with van der Waals surface area (Å²) in [6, 6.07) is 9.34. The van der Waals surface area contributed by atoms with E-state index in [1.807, 2.05) is 0 Å². The van der Waals surface area contributed by atoms with E-state index in [-0.39, 0.29) is 15.6 Å². The van der Waals surface area contributed by atoms with Gasteiger partial charge in [0.05, 0.1) is 7.76 Å². The summed E-state index contributed by atoms with van der Waals surface area (Å²) in [7, 11) is 0. The molecule has 1 aromatic carbocycles. The van der Waals surface area contributed by atoms with Gasteiger partial charge >= 0.3 is 0 Å². The van der Waals surface area contributed by atoms with Gasteiger partial charge in [-0.1, -0.05) is 29.4 Å². The maximum Gasteiger partial charge on any atom is 0.274 e. The summed E-state index contributed by atoms with van der Waals surface area (Å²) >= 11 is 6.21. The molecule has 3 nitrogen and oxygen atoms in total. The van der Waals surface area contributed by atoms with Crippen molar-refractivity contribution < 1.29 is 11.9 Å². The Bertz CT molecular complexity index is 652. The molecular formula is C13H10ClFN2OS.